The molecule has 0 saturated carbocycles. The van der Waals surface area contributed by atoms with Crippen LogP contribution in [-0.2, 0) is 19.1 Å². The Morgan fingerprint density at radius 2 is 1.80 bits per heavy atom. The largest absolute Gasteiger partial charge is 1.00 e. The summed E-state index contributed by atoms with van der Waals surface area (Å²) >= 11 is 0. The van der Waals surface area contributed by atoms with Gasteiger partial charge < -0.3 is 31.8 Å². The lowest BCUT2D eigenvalue weighted by Crippen LogP contribution is -3.00. The molecule has 0 spiro atoms. The van der Waals surface area contributed by atoms with E-state index in [4.69, 9.17) is 23.2 Å². The van der Waals surface area contributed by atoms with Gasteiger partial charge >= 0.3 is 17.9 Å². The molecule has 8 heteroatoms. The Kier molecular flexibility index (Phi) is 5.41. The fraction of sp³-hybridized carbons (Fsp3) is 0.750. The van der Waals surface area contributed by atoms with Crippen molar-refractivity contribution in [2.75, 3.05) is 27.5 Å². The SMILES string of the molecule is [2H]C([2H])([2H])[N+](C)(C[C@@H](CC(=O)O)OC(=O)CCCC(=O)O)C([2H])([2H])[2H].[Cl-]. The number of halogens is 1. The lowest BCUT2D eigenvalue weighted by atomic mass is 10.2. The van der Waals surface area contributed by atoms with Crippen LogP contribution >= 0.6 is 0 Å². The molecule has 7 nitrogen and oxygen atoms in total. The van der Waals surface area contributed by atoms with Gasteiger partial charge in [0.15, 0.2) is 6.10 Å². The van der Waals surface area contributed by atoms with Crippen molar-refractivity contribution in [3.63, 3.8) is 0 Å². The number of hydrogen-bond acceptors (Lipinski definition) is 4. The summed E-state index contributed by atoms with van der Waals surface area (Å²) in [5.74, 6) is -3.44. The van der Waals surface area contributed by atoms with Gasteiger partial charge in [-0.2, -0.15) is 0 Å². The number of carbonyl (C=O) groups excluding carboxylic acids is 1. The van der Waals surface area contributed by atoms with E-state index >= 15 is 0 Å². The van der Waals surface area contributed by atoms with E-state index in [1.807, 2.05) is 0 Å². The molecule has 0 aromatic rings. The topological polar surface area (TPSA) is 101 Å². The summed E-state index contributed by atoms with van der Waals surface area (Å²) in [7, 11) is 0.910. The minimum Gasteiger partial charge on any atom is -1.00 e. The maximum absolute atomic E-state index is 11.7. The molecular weight excluding hydrogens is 290 g/mol. The molecule has 0 aliphatic heterocycles. The number of likely N-dealkylation sites (N-methyl/N-ethyl adjacent to an activating group) is 1. The molecule has 0 amide bonds. The Balaban J connectivity index is 0. The third-order valence-electron chi connectivity index (χ3n) is 2.04. The molecule has 0 aromatic carbocycles. The fourth-order valence-corrected chi connectivity index (χ4v) is 1.37. The molecule has 0 heterocycles. The molecule has 118 valence electrons. The van der Waals surface area contributed by atoms with E-state index < -0.39 is 55.4 Å². The lowest BCUT2D eigenvalue weighted by Gasteiger charge is -2.28. The Morgan fingerprint density at radius 3 is 2.25 bits per heavy atom. The predicted molar refractivity (Wildman–Crippen MR) is 66.5 cm³/mol. The summed E-state index contributed by atoms with van der Waals surface area (Å²) in [5, 5.41) is 17.4. The number of rotatable bonds is 9. The Morgan fingerprint density at radius 1 is 1.20 bits per heavy atom. The summed E-state index contributed by atoms with van der Waals surface area (Å²) in [5.41, 5.74) is 0. The summed E-state index contributed by atoms with van der Waals surface area (Å²) in [6.07, 6.45) is -2.91. The highest BCUT2D eigenvalue weighted by atomic mass is 35.5. The highest BCUT2D eigenvalue weighted by Crippen LogP contribution is 2.08. The van der Waals surface area contributed by atoms with E-state index in [1.165, 1.54) is 0 Å². The van der Waals surface area contributed by atoms with Crippen molar-refractivity contribution in [3.8, 4) is 0 Å². The van der Waals surface area contributed by atoms with E-state index in [0.29, 0.717) is 0 Å². The molecular formula is C12H22ClNO6. The lowest BCUT2D eigenvalue weighted by molar-refractivity contribution is -0.873. The number of esters is 1. The quantitative estimate of drug-likeness (QED) is 0.355. The average Bonchev–Trinajstić information content (AvgIpc) is 2.34. The van der Waals surface area contributed by atoms with Crippen molar-refractivity contribution in [3.05, 3.63) is 0 Å². The molecule has 0 aromatic heterocycles. The Bertz CT molecular complexity index is 495. The first-order chi connectivity index (χ1) is 11.1. The Labute approximate surface area is 132 Å². The first-order valence-corrected chi connectivity index (χ1v) is 5.59. The summed E-state index contributed by atoms with van der Waals surface area (Å²) in [6.45, 7) is -6.76. The van der Waals surface area contributed by atoms with Crippen LogP contribution in [0.1, 0.15) is 33.9 Å². The molecule has 0 unspecified atom stereocenters. The van der Waals surface area contributed by atoms with Crippen molar-refractivity contribution < 1.29 is 54.4 Å². The molecule has 0 saturated heterocycles. The number of hydrogen-bond donors (Lipinski definition) is 2. The van der Waals surface area contributed by atoms with Gasteiger partial charge in [0.1, 0.15) is 6.54 Å². The molecule has 2 N–H and O–H groups in total. The van der Waals surface area contributed by atoms with Crippen LogP contribution in [0.2, 0.25) is 0 Å². The van der Waals surface area contributed by atoms with Crippen LogP contribution in [0.25, 0.3) is 0 Å². The number of carboxylic acid groups (broad SMARTS) is 2. The molecule has 0 aliphatic carbocycles. The van der Waals surface area contributed by atoms with Crippen molar-refractivity contribution in [1.29, 1.82) is 0 Å². The molecule has 1 atom stereocenters. The van der Waals surface area contributed by atoms with Gasteiger partial charge in [-0.25, -0.2) is 0 Å². The summed E-state index contributed by atoms with van der Waals surface area (Å²) in [6, 6.07) is 0. The fourth-order valence-electron chi connectivity index (χ4n) is 1.37. The molecule has 0 aliphatic rings. The van der Waals surface area contributed by atoms with Crippen molar-refractivity contribution in [1.82, 2.24) is 0 Å². The second-order valence-electron chi connectivity index (χ2n) is 4.33. The van der Waals surface area contributed by atoms with Gasteiger partial charge in [0.05, 0.1) is 35.6 Å². The van der Waals surface area contributed by atoms with Gasteiger partial charge in [-0.05, 0) is 6.42 Å². The van der Waals surface area contributed by atoms with Gasteiger partial charge in [-0.1, -0.05) is 0 Å². The number of carboxylic acids is 2. The van der Waals surface area contributed by atoms with Crippen LogP contribution in [0.3, 0.4) is 0 Å². The Hall–Kier alpha value is -1.34. The second kappa shape index (κ2) is 9.55. The highest BCUT2D eigenvalue weighted by molar-refractivity contribution is 5.72. The number of aliphatic carboxylic acids is 2. The van der Waals surface area contributed by atoms with Crippen molar-refractivity contribution in [2.24, 2.45) is 0 Å². The number of ether oxygens (including phenoxy) is 1. The van der Waals surface area contributed by atoms with E-state index in [-0.39, 0.29) is 31.7 Å². The standard InChI is InChI=1S/C12H21NO6.ClH/c1-13(2,3)8-9(7-11(16)17)19-12(18)6-4-5-10(14)15;/h9H,4-8H2,1-3H3,(H-,14,15,16,17);1H/t9-;/m1./s1/i1D3,2D3;. The monoisotopic (exact) mass is 317 g/mol. The maximum atomic E-state index is 11.7. The van der Waals surface area contributed by atoms with Crippen LogP contribution in [0.4, 0.5) is 0 Å². The molecule has 0 bridgehead atoms. The van der Waals surface area contributed by atoms with E-state index in [2.05, 4.69) is 0 Å². The van der Waals surface area contributed by atoms with Crippen LogP contribution in [0.5, 0.6) is 0 Å². The van der Waals surface area contributed by atoms with E-state index in [9.17, 15) is 14.4 Å². The van der Waals surface area contributed by atoms with Gasteiger partial charge in [0.25, 0.3) is 0 Å². The van der Waals surface area contributed by atoms with Crippen molar-refractivity contribution in [2.45, 2.75) is 31.8 Å². The van der Waals surface area contributed by atoms with Gasteiger partial charge in [-0.15, -0.1) is 0 Å². The van der Waals surface area contributed by atoms with Crippen LogP contribution in [-0.4, -0.2) is 66.3 Å². The summed E-state index contributed by atoms with van der Waals surface area (Å²) in [4.78, 5) is 33.0. The van der Waals surface area contributed by atoms with E-state index in [1.54, 1.807) is 0 Å². The smallest absolute Gasteiger partial charge is 0.307 e. The first kappa shape index (κ1) is 11.3. The second-order valence-corrected chi connectivity index (χ2v) is 4.33. The molecule has 0 rings (SSSR count). The zero-order valence-electron chi connectivity index (χ0n) is 17.0. The number of carbonyl (C=O) groups is 3. The van der Waals surface area contributed by atoms with Gasteiger partial charge in [0.2, 0.25) is 0 Å². The first-order valence-electron chi connectivity index (χ1n) is 8.59. The van der Waals surface area contributed by atoms with E-state index in [0.717, 1.165) is 7.05 Å². The average molecular weight is 318 g/mol. The van der Waals surface area contributed by atoms with Gasteiger partial charge in [-0.3, -0.25) is 14.4 Å². The minimum atomic E-state index is -3.00. The number of nitrogens with zero attached hydrogens (tertiary/aromatic N) is 1. The normalized spacial score (nSPS) is 17.9. The third-order valence-corrected chi connectivity index (χ3v) is 2.04. The van der Waals surface area contributed by atoms with Crippen LogP contribution in [0, 0.1) is 0 Å². The molecule has 0 radical (unpaired) electrons. The zero-order valence-corrected chi connectivity index (χ0v) is 11.7. The summed E-state index contributed by atoms with van der Waals surface area (Å²) < 4.78 is 48.1. The predicted octanol–water partition coefficient (Wildman–Crippen LogP) is -2.66. The molecule has 0 fully saturated rings. The minimum absolute atomic E-state index is 0. The maximum Gasteiger partial charge on any atom is 0.307 e. The third kappa shape index (κ3) is 13.1. The molecule has 20 heavy (non-hydrogen) atoms. The number of quaternary nitrogens is 1. The van der Waals surface area contributed by atoms with Gasteiger partial charge in [0, 0.05) is 12.8 Å². The van der Waals surface area contributed by atoms with Crippen LogP contribution in [0.15, 0.2) is 0 Å². The zero-order chi connectivity index (χ0) is 20.1. The highest BCUT2D eigenvalue weighted by Gasteiger charge is 2.24. The van der Waals surface area contributed by atoms with Crippen molar-refractivity contribution >= 4 is 17.9 Å². The van der Waals surface area contributed by atoms with Crippen LogP contribution < -0.4 is 12.4 Å².